The number of halogens is 2. The fourth-order valence-electron chi connectivity index (χ4n) is 1.25. The SMILES string of the molecule is ClCC(Cl)CCCCOc1ccccc1. The number of rotatable bonds is 7. The molecule has 0 aliphatic heterocycles. The molecule has 0 fully saturated rings. The Morgan fingerprint density at radius 2 is 1.87 bits per heavy atom. The lowest BCUT2D eigenvalue weighted by molar-refractivity contribution is 0.305. The summed E-state index contributed by atoms with van der Waals surface area (Å²) in [5.41, 5.74) is 0. The predicted octanol–water partition coefficient (Wildman–Crippen LogP) is 4.08. The number of benzene rings is 1. The summed E-state index contributed by atoms with van der Waals surface area (Å²) < 4.78 is 5.55. The lowest BCUT2D eigenvalue weighted by atomic mass is 10.2. The molecular weight excluding hydrogens is 231 g/mol. The standard InChI is InChI=1S/C12H16Cl2O/c13-10-11(14)6-4-5-9-15-12-7-2-1-3-8-12/h1-3,7-8,11H,4-6,9-10H2. The quantitative estimate of drug-likeness (QED) is 0.521. The molecule has 1 nitrogen and oxygen atoms in total. The zero-order chi connectivity index (χ0) is 10.9. The highest BCUT2D eigenvalue weighted by molar-refractivity contribution is 6.28. The molecule has 0 aromatic heterocycles. The van der Waals surface area contributed by atoms with Crippen molar-refractivity contribution in [3.05, 3.63) is 30.3 Å². The molecule has 1 aromatic rings. The van der Waals surface area contributed by atoms with E-state index in [1.807, 2.05) is 30.3 Å². The van der Waals surface area contributed by atoms with Gasteiger partial charge in [0.2, 0.25) is 0 Å². The Morgan fingerprint density at radius 1 is 1.13 bits per heavy atom. The van der Waals surface area contributed by atoms with Crippen LogP contribution in [0, 0.1) is 0 Å². The summed E-state index contributed by atoms with van der Waals surface area (Å²) in [6.45, 7) is 0.746. The van der Waals surface area contributed by atoms with E-state index in [1.54, 1.807) is 0 Å². The Morgan fingerprint density at radius 3 is 2.53 bits per heavy atom. The van der Waals surface area contributed by atoms with E-state index in [0.29, 0.717) is 5.88 Å². The van der Waals surface area contributed by atoms with Crippen LogP contribution in [0.4, 0.5) is 0 Å². The second-order valence-corrected chi connectivity index (χ2v) is 4.33. The largest absolute Gasteiger partial charge is 0.494 e. The average molecular weight is 247 g/mol. The Balaban J connectivity index is 2.03. The van der Waals surface area contributed by atoms with Gasteiger partial charge in [0.1, 0.15) is 5.75 Å². The van der Waals surface area contributed by atoms with Gasteiger partial charge in [-0.25, -0.2) is 0 Å². The third-order valence-corrected chi connectivity index (χ3v) is 2.99. The van der Waals surface area contributed by atoms with Gasteiger partial charge in [-0.05, 0) is 31.4 Å². The van der Waals surface area contributed by atoms with Crippen molar-refractivity contribution < 1.29 is 4.74 Å². The van der Waals surface area contributed by atoms with E-state index in [1.165, 1.54) is 0 Å². The molecule has 0 saturated heterocycles. The molecule has 0 aliphatic rings. The van der Waals surface area contributed by atoms with Gasteiger partial charge < -0.3 is 4.74 Å². The minimum absolute atomic E-state index is 0.100. The summed E-state index contributed by atoms with van der Waals surface area (Å²) in [6, 6.07) is 9.84. The second kappa shape index (κ2) is 7.84. The maximum absolute atomic E-state index is 5.89. The topological polar surface area (TPSA) is 9.23 Å². The number of para-hydroxylation sites is 1. The third kappa shape index (κ3) is 5.91. The number of hydrogen-bond donors (Lipinski definition) is 0. The first-order valence-corrected chi connectivity index (χ1v) is 6.18. The summed E-state index contributed by atoms with van der Waals surface area (Å²) in [7, 11) is 0. The van der Waals surface area contributed by atoms with Crippen molar-refractivity contribution in [2.24, 2.45) is 0 Å². The zero-order valence-corrected chi connectivity index (χ0v) is 10.2. The number of unbranched alkanes of at least 4 members (excludes halogenated alkanes) is 1. The lowest BCUT2D eigenvalue weighted by Gasteiger charge is -2.07. The van der Waals surface area contributed by atoms with Gasteiger partial charge in [0, 0.05) is 11.3 Å². The van der Waals surface area contributed by atoms with Crippen LogP contribution in [-0.2, 0) is 0 Å². The summed E-state index contributed by atoms with van der Waals surface area (Å²) in [5.74, 6) is 1.46. The molecule has 0 amide bonds. The highest BCUT2D eigenvalue weighted by Crippen LogP contribution is 2.11. The van der Waals surface area contributed by atoms with Crippen molar-refractivity contribution >= 4 is 23.2 Å². The molecule has 1 atom stereocenters. The van der Waals surface area contributed by atoms with E-state index in [9.17, 15) is 0 Å². The third-order valence-electron chi connectivity index (χ3n) is 2.09. The Labute approximate surface area is 101 Å². The Hall–Kier alpha value is -0.400. The molecule has 0 N–H and O–H groups in total. The summed E-state index contributed by atoms with van der Waals surface area (Å²) in [4.78, 5) is 0. The van der Waals surface area contributed by atoms with Crippen LogP contribution < -0.4 is 4.74 Å². The van der Waals surface area contributed by atoms with Crippen LogP contribution in [0.1, 0.15) is 19.3 Å². The van der Waals surface area contributed by atoms with Gasteiger partial charge in [-0.2, -0.15) is 0 Å². The van der Waals surface area contributed by atoms with E-state index in [4.69, 9.17) is 27.9 Å². The molecule has 84 valence electrons. The van der Waals surface area contributed by atoms with Crippen LogP contribution in [-0.4, -0.2) is 17.9 Å². The molecule has 0 saturated carbocycles. The number of ether oxygens (including phenoxy) is 1. The highest BCUT2D eigenvalue weighted by atomic mass is 35.5. The van der Waals surface area contributed by atoms with Crippen LogP contribution >= 0.6 is 23.2 Å². The first kappa shape index (κ1) is 12.7. The van der Waals surface area contributed by atoms with E-state index in [-0.39, 0.29) is 5.38 Å². The van der Waals surface area contributed by atoms with Crippen molar-refractivity contribution in [1.82, 2.24) is 0 Å². The molecule has 0 spiro atoms. The number of alkyl halides is 2. The Kier molecular flexibility index (Phi) is 6.62. The van der Waals surface area contributed by atoms with Crippen LogP contribution in [0.15, 0.2) is 30.3 Å². The zero-order valence-electron chi connectivity index (χ0n) is 8.66. The molecule has 1 rings (SSSR count). The molecular formula is C12H16Cl2O. The first-order valence-electron chi connectivity index (χ1n) is 5.21. The smallest absolute Gasteiger partial charge is 0.119 e. The van der Waals surface area contributed by atoms with E-state index < -0.39 is 0 Å². The minimum atomic E-state index is 0.100. The second-order valence-electron chi connectivity index (χ2n) is 3.41. The number of hydrogen-bond acceptors (Lipinski definition) is 1. The minimum Gasteiger partial charge on any atom is -0.494 e. The van der Waals surface area contributed by atoms with Gasteiger partial charge in [-0.15, -0.1) is 23.2 Å². The first-order chi connectivity index (χ1) is 7.33. The summed E-state index contributed by atoms with van der Waals surface area (Å²) in [6.07, 6.45) is 3.05. The molecule has 0 aliphatic carbocycles. The van der Waals surface area contributed by atoms with Gasteiger partial charge in [-0.1, -0.05) is 18.2 Å². The normalized spacial score (nSPS) is 12.4. The lowest BCUT2D eigenvalue weighted by Crippen LogP contribution is -2.02. The van der Waals surface area contributed by atoms with Crippen molar-refractivity contribution in [3.63, 3.8) is 0 Å². The maximum atomic E-state index is 5.89. The molecule has 15 heavy (non-hydrogen) atoms. The fourth-order valence-corrected chi connectivity index (χ4v) is 1.56. The maximum Gasteiger partial charge on any atom is 0.119 e. The van der Waals surface area contributed by atoms with Crippen LogP contribution in [0.3, 0.4) is 0 Å². The van der Waals surface area contributed by atoms with Crippen LogP contribution in [0.2, 0.25) is 0 Å². The Bertz CT molecular complexity index is 251. The molecule has 1 unspecified atom stereocenters. The van der Waals surface area contributed by atoms with Crippen molar-refractivity contribution in [1.29, 1.82) is 0 Å². The van der Waals surface area contributed by atoms with Gasteiger partial charge in [0.25, 0.3) is 0 Å². The molecule has 3 heteroatoms. The molecule has 0 radical (unpaired) electrons. The van der Waals surface area contributed by atoms with E-state index in [2.05, 4.69) is 0 Å². The van der Waals surface area contributed by atoms with E-state index in [0.717, 1.165) is 31.6 Å². The highest BCUT2D eigenvalue weighted by Gasteiger charge is 2.01. The van der Waals surface area contributed by atoms with Crippen molar-refractivity contribution in [2.45, 2.75) is 24.6 Å². The van der Waals surface area contributed by atoms with Crippen LogP contribution in [0.25, 0.3) is 0 Å². The van der Waals surface area contributed by atoms with Crippen molar-refractivity contribution in [3.8, 4) is 5.75 Å². The van der Waals surface area contributed by atoms with Gasteiger partial charge >= 0.3 is 0 Å². The molecule has 0 bridgehead atoms. The summed E-state index contributed by atoms with van der Waals surface area (Å²) >= 11 is 11.5. The molecule has 0 heterocycles. The van der Waals surface area contributed by atoms with Gasteiger partial charge in [-0.3, -0.25) is 0 Å². The molecule has 1 aromatic carbocycles. The van der Waals surface area contributed by atoms with Gasteiger partial charge in [0.15, 0.2) is 0 Å². The monoisotopic (exact) mass is 246 g/mol. The van der Waals surface area contributed by atoms with Crippen molar-refractivity contribution in [2.75, 3.05) is 12.5 Å². The van der Waals surface area contributed by atoms with Gasteiger partial charge in [0.05, 0.1) is 6.61 Å². The average Bonchev–Trinajstić information content (AvgIpc) is 2.29. The summed E-state index contributed by atoms with van der Waals surface area (Å²) in [5, 5.41) is 0.100. The predicted molar refractivity (Wildman–Crippen MR) is 66.1 cm³/mol. The van der Waals surface area contributed by atoms with E-state index >= 15 is 0 Å². The van der Waals surface area contributed by atoms with Crippen LogP contribution in [0.5, 0.6) is 5.75 Å². The fraction of sp³-hybridized carbons (Fsp3) is 0.500.